The zero-order valence-electron chi connectivity index (χ0n) is 8.65. The molecule has 4 nitrogen and oxygen atoms in total. The van der Waals surface area contributed by atoms with Gasteiger partial charge in [0.2, 0.25) is 0 Å². The third-order valence-corrected chi connectivity index (χ3v) is 1.95. The maximum absolute atomic E-state index is 11.5. The number of carbonyl (C=O) groups excluding carboxylic acids is 1. The number of pyridine rings is 1. The summed E-state index contributed by atoms with van der Waals surface area (Å²) in [5, 5.41) is 0. The molecule has 15 heavy (non-hydrogen) atoms. The second kappa shape index (κ2) is 3.73. The molecule has 0 aliphatic heterocycles. The fourth-order valence-corrected chi connectivity index (χ4v) is 1.34. The van der Waals surface area contributed by atoms with Crippen molar-refractivity contribution in [1.29, 1.82) is 0 Å². The van der Waals surface area contributed by atoms with Crippen molar-refractivity contribution in [3.8, 4) is 0 Å². The molecule has 0 aliphatic rings. The van der Waals surface area contributed by atoms with Crippen molar-refractivity contribution in [2.45, 2.75) is 20.0 Å². The van der Waals surface area contributed by atoms with Crippen molar-refractivity contribution in [3.63, 3.8) is 0 Å². The maximum Gasteiger partial charge on any atom is 0.355 e. The van der Waals surface area contributed by atoms with Crippen LogP contribution in [0.25, 0.3) is 11.0 Å². The maximum atomic E-state index is 11.5. The van der Waals surface area contributed by atoms with E-state index in [1.54, 1.807) is 12.3 Å². The number of nitrogens with zero attached hydrogens (tertiary/aromatic N) is 1. The monoisotopic (exact) mass is 204 g/mol. The summed E-state index contributed by atoms with van der Waals surface area (Å²) >= 11 is 0. The zero-order valence-corrected chi connectivity index (χ0v) is 8.65. The van der Waals surface area contributed by atoms with Crippen molar-refractivity contribution in [1.82, 2.24) is 9.97 Å². The second-order valence-electron chi connectivity index (χ2n) is 3.57. The van der Waals surface area contributed by atoms with Gasteiger partial charge in [-0.05, 0) is 32.0 Å². The summed E-state index contributed by atoms with van der Waals surface area (Å²) in [6.45, 7) is 3.64. The molecule has 0 radical (unpaired) electrons. The van der Waals surface area contributed by atoms with Gasteiger partial charge in [-0.3, -0.25) is 4.98 Å². The van der Waals surface area contributed by atoms with Crippen LogP contribution in [-0.4, -0.2) is 22.0 Å². The Bertz CT molecular complexity index is 455. The molecule has 0 bridgehead atoms. The lowest BCUT2D eigenvalue weighted by molar-refractivity contribution is 0.0372. The first-order valence-electron chi connectivity index (χ1n) is 4.81. The fraction of sp³-hybridized carbons (Fsp3) is 0.273. The largest absolute Gasteiger partial charge is 0.458 e. The molecule has 0 aliphatic carbocycles. The van der Waals surface area contributed by atoms with Crippen LogP contribution in [0.4, 0.5) is 0 Å². The number of aromatic amines is 1. The van der Waals surface area contributed by atoms with Crippen molar-refractivity contribution in [2.75, 3.05) is 0 Å². The molecule has 2 aromatic heterocycles. The lowest BCUT2D eigenvalue weighted by atomic mass is 10.4. The lowest BCUT2D eigenvalue weighted by Crippen LogP contribution is -2.11. The van der Waals surface area contributed by atoms with E-state index in [0.717, 1.165) is 11.0 Å². The molecule has 78 valence electrons. The van der Waals surface area contributed by atoms with Gasteiger partial charge in [0.1, 0.15) is 5.69 Å². The van der Waals surface area contributed by atoms with Crippen LogP contribution >= 0.6 is 0 Å². The van der Waals surface area contributed by atoms with Crippen molar-refractivity contribution >= 4 is 17.0 Å². The summed E-state index contributed by atoms with van der Waals surface area (Å²) in [7, 11) is 0. The number of hydrogen-bond donors (Lipinski definition) is 1. The Morgan fingerprint density at radius 1 is 1.53 bits per heavy atom. The molecule has 0 aromatic carbocycles. The van der Waals surface area contributed by atoms with Crippen LogP contribution in [0.1, 0.15) is 24.3 Å². The number of esters is 1. The molecule has 0 spiro atoms. The van der Waals surface area contributed by atoms with Crippen molar-refractivity contribution < 1.29 is 9.53 Å². The Balaban J connectivity index is 2.32. The highest BCUT2D eigenvalue weighted by atomic mass is 16.5. The topological polar surface area (TPSA) is 55.0 Å². The van der Waals surface area contributed by atoms with E-state index in [0.29, 0.717) is 5.69 Å². The van der Waals surface area contributed by atoms with Crippen molar-refractivity contribution in [3.05, 3.63) is 30.1 Å². The molecular weight excluding hydrogens is 192 g/mol. The number of ether oxygens (including phenoxy) is 1. The molecule has 0 fully saturated rings. The van der Waals surface area contributed by atoms with E-state index in [4.69, 9.17) is 4.74 Å². The van der Waals surface area contributed by atoms with Crippen LogP contribution in [0.2, 0.25) is 0 Å². The van der Waals surface area contributed by atoms with Crippen LogP contribution in [0.15, 0.2) is 24.4 Å². The number of nitrogens with one attached hydrogen (secondary N) is 1. The minimum atomic E-state index is -0.344. The average molecular weight is 204 g/mol. The Morgan fingerprint density at radius 2 is 2.33 bits per heavy atom. The number of rotatable bonds is 2. The average Bonchev–Trinajstić information content (AvgIpc) is 2.59. The number of aromatic nitrogens is 2. The predicted octanol–water partition coefficient (Wildman–Crippen LogP) is 2.13. The van der Waals surface area contributed by atoms with E-state index < -0.39 is 0 Å². The smallest absolute Gasteiger partial charge is 0.355 e. The van der Waals surface area contributed by atoms with Gasteiger partial charge in [0.05, 0.1) is 17.1 Å². The van der Waals surface area contributed by atoms with Gasteiger partial charge < -0.3 is 9.72 Å². The van der Waals surface area contributed by atoms with Crippen LogP contribution < -0.4 is 0 Å². The lowest BCUT2D eigenvalue weighted by Gasteiger charge is -2.05. The van der Waals surface area contributed by atoms with E-state index in [1.165, 1.54) is 0 Å². The Labute approximate surface area is 87.3 Å². The minimum Gasteiger partial charge on any atom is -0.458 e. The van der Waals surface area contributed by atoms with Gasteiger partial charge in [-0.1, -0.05) is 0 Å². The fourth-order valence-electron chi connectivity index (χ4n) is 1.34. The quantitative estimate of drug-likeness (QED) is 0.762. The van der Waals surface area contributed by atoms with Crippen molar-refractivity contribution in [2.24, 2.45) is 0 Å². The molecule has 2 heterocycles. The third-order valence-electron chi connectivity index (χ3n) is 1.95. The molecule has 0 saturated carbocycles. The van der Waals surface area contributed by atoms with Gasteiger partial charge in [0, 0.05) is 6.20 Å². The first kappa shape index (κ1) is 9.71. The molecule has 0 saturated heterocycles. The summed E-state index contributed by atoms with van der Waals surface area (Å²) in [5.74, 6) is -0.344. The molecule has 2 rings (SSSR count). The van der Waals surface area contributed by atoms with Gasteiger partial charge in [-0.25, -0.2) is 4.79 Å². The van der Waals surface area contributed by atoms with Gasteiger partial charge >= 0.3 is 5.97 Å². The highest BCUT2D eigenvalue weighted by molar-refractivity contribution is 5.93. The second-order valence-corrected chi connectivity index (χ2v) is 3.57. The first-order chi connectivity index (χ1) is 7.16. The van der Waals surface area contributed by atoms with E-state index in [9.17, 15) is 4.79 Å². The number of carbonyl (C=O) groups is 1. The SMILES string of the molecule is CC(C)OC(=O)c1cc2ncccc2[nH]1. The van der Waals surface area contributed by atoms with Crippen LogP contribution in [0, 0.1) is 0 Å². The third kappa shape index (κ3) is 1.98. The summed E-state index contributed by atoms with van der Waals surface area (Å²) in [4.78, 5) is 18.6. The van der Waals surface area contributed by atoms with Gasteiger partial charge in [-0.15, -0.1) is 0 Å². The predicted molar refractivity (Wildman–Crippen MR) is 56.6 cm³/mol. The van der Waals surface area contributed by atoms with E-state index >= 15 is 0 Å². The van der Waals surface area contributed by atoms with E-state index in [1.807, 2.05) is 26.0 Å². The highest BCUT2D eigenvalue weighted by Crippen LogP contribution is 2.13. The van der Waals surface area contributed by atoms with Crippen LogP contribution in [0.3, 0.4) is 0 Å². The van der Waals surface area contributed by atoms with E-state index in [2.05, 4.69) is 9.97 Å². The molecular formula is C11H12N2O2. The number of H-pyrrole nitrogens is 1. The summed E-state index contributed by atoms with van der Waals surface area (Å²) in [5.41, 5.74) is 2.05. The van der Waals surface area contributed by atoms with Gasteiger partial charge in [-0.2, -0.15) is 0 Å². The zero-order chi connectivity index (χ0) is 10.8. The summed E-state index contributed by atoms with van der Waals surface area (Å²) < 4.78 is 5.07. The number of fused-ring (bicyclic) bond motifs is 1. The molecule has 0 atom stereocenters. The Kier molecular flexibility index (Phi) is 2.41. The van der Waals surface area contributed by atoms with E-state index in [-0.39, 0.29) is 12.1 Å². The standard InChI is InChI=1S/C11H12N2O2/c1-7(2)15-11(14)10-6-9-8(13-10)4-3-5-12-9/h3-7,13H,1-2H3. The Morgan fingerprint density at radius 3 is 3.00 bits per heavy atom. The first-order valence-corrected chi connectivity index (χ1v) is 4.81. The molecule has 0 amide bonds. The van der Waals surface area contributed by atoms with Crippen LogP contribution in [0.5, 0.6) is 0 Å². The molecule has 1 N–H and O–H groups in total. The molecule has 0 unspecified atom stereocenters. The summed E-state index contributed by atoms with van der Waals surface area (Å²) in [6, 6.07) is 5.38. The van der Waals surface area contributed by atoms with Crippen LogP contribution in [-0.2, 0) is 4.74 Å². The van der Waals surface area contributed by atoms with Gasteiger partial charge in [0.25, 0.3) is 0 Å². The molecule has 2 aromatic rings. The summed E-state index contributed by atoms with van der Waals surface area (Å²) in [6.07, 6.45) is 1.57. The minimum absolute atomic E-state index is 0.114. The normalized spacial score (nSPS) is 10.9. The number of hydrogen-bond acceptors (Lipinski definition) is 3. The highest BCUT2D eigenvalue weighted by Gasteiger charge is 2.12. The van der Waals surface area contributed by atoms with Gasteiger partial charge in [0.15, 0.2) is 0 Å². The Hall–Kier alpha value is -1.84. The molecule has 4 heteroatoms.